The van der Waals surface area contributed by atoms with E-state index < -0.39 is 5.38 Å². The molecule has 0 saturated heterocycles. The second-order valence-corrected chi connectivity index (χ2v) is 5.71. The highest BCUT2D eigenvalue weighted by Gasteiger charge is 2.20. The van der Waals surface area contributed by atoms with Gasteiger partial charge >= 0.3 is 0 Å². The Hall–Kier alpha value is -1.06. The molecule has 0 bridgehead atoms. The lowest BCUT2D eigenvalue weighted by Crippen LogP contribution is -2.02. The Morgan fingerprint density at radius 3 is 2.70 bits per heavy atom. The van der Waals surface area contributed by atoms with Gasteiger partial charge in [-0.05, 0) is 47.5 Å². The van der Waals surface area contributed by atoms with Crippen LogP contribution in [0.25, 0.3) is 0 Å². The largest absolute Gasteiger partial charge is 0.494 e. The van der Waals surface area contributed by atoms with Gasteiger partial charge in [0.15, 0.2) is 0 Å². The molecule has 2 rings (SSSR count). The Kier molecular flexibility index (Phi) is 5.06. The van der Waals surface area contributed by atoms with E-state index in [0.717, 1.165) is 16.9 Å². The van der Waals surface area contributed by atoms with Gasteiger partial charge in [-0.15, -0.1) is 11.6 Å². The molecule has 0 fully saturated rings. The van der Waals surface area contributed by atoms with Crippen molar-refractivity contribution in [3.63, 3.8) is 0 Å². The standard InChI is InChI=1S/C16H15BrClFO/c1-3-20-14-8-7-10(2)9-12(14)16(18)11-5-4-6-13(19)15(11)17/h4-9,16H,3H2,1-2H3. The van der Waals surface area contributed by atoms with E-state index in [1.165, 1.54) is 6.07 Å². The van der Waals surface area contributed by atoms with E-state index in [2.05, 4.69) is 15.9 Å². The quantitative estimate of drug-likeness (QED) is 0.645. The van der Waals surface area contributed by atoms with Gasteiger partial charge in [0.2, 0.25) is 0 Å². The first-order chi connectivity index (χ1) is 9.54. The lowest BCUT2D eigenvalue weighted by molar-refractivity contribution is 0.336. The molecule has 0 aliphatic carbocycles. The molecular weight excluding hydrogens is 343 g/mol. The fraction of sp³-hybridized carbons (Fsp3) is 0.250. The SMILES string of the molecule is CCOc1ccc(C)cc1C(Cl)c1cccc(F)c1Br. The Labute approximate surface area is 131 Å². The highest BCUT2D eigenvalue weighted by Crippen LogP contribution is 2.39. The van der Waals surface area contributed by atoms with Crippen LogP contribution in [0.3, 0.4) is 0 Å². The van der Waals surface area contributed by atoms with Crippen molar-refractivity contribution in [1.29, 1.82) is 0 Å². The summed E-state index contributed by atoms with van der Waals surface area (Å²) in [5.74, 6) is 0.410. The predicted octanol–water partition coefficient (Wildman–Crippen LogP) is 5.62. The Morgan fingerprint density at radius 2 is 2.00 bits per heavy atom. The van der Waals surface area contributed by atoms with Crippen LogP contribution in [0.15, 0.2) is 40.9 Å². The topological polar surface area (TPSA) is 9.23 Å². The van der Waals surface area contributed by atoms with Gasteiger partial charge in [0.25, 0.3) is 0 Å². The Morgan fingerprint density at radius 1 is 1.25 bits per heavy atom. The van der Waals surface area contributed by atoms with Crippen molar-refractivity contribution in [2.75, 3.05) is 6.61 Å². The fourth-order valence-electron chi connectivity index (χ4n) is 2.04. The molecular formula is C16H15BrClFO. The van der Waals surface area contributed by atoms with E-state index in [0.29, 0.717) is 16.6 Å². The van der Waals surface area contributed by atoms with Crippen LogP contribution in [0.2, 0.25) is 0 Å². The minimum atomic E-state index is -0.471. The molecule has 4 heteroatoms. The summed E-state index contributed by atoms with van der Waals surface area (Å²) in [5, 5.41) is -0.471. The van der Waals surface area contributed by atoms with E-state index >= 15 is 0 Å². The molecule has 0 aliphatic rings. The molecule has 2 aromatic carbocycles. The van der Waals surface area contributed by atoms with Crippen LogP contribution in [0.1, 0.15) is 29.0 Å². The third kappa shape index (κ3) is 3.15. The maximum Gasteiger partial charge on any atom is 0.137 e. The van der Waals surface area contributed by atoms with E-state index in [4.69, 9.17) is 16.3 Å². The number of alkyl halides is 1. The fourth-order valence-corrected chi connectivity index (χ4v) is 3.01. The van der Waals surface area contributed by atoms with Crippen LogP contribution < -0.4 is 4.74 Å². The van der Waals surface area contributed by atoms with Gasteiger partial charge in [0, 0.05) is 5.56 Å². The summed E-state index contributed by atoms with van der Waals surface area (Å²) in [7, 11) is 0. The minimum absolute atomic E-state index is 0.321. The molecule has 0 spiro atoms. The van der Waals surface area contributed by atoms with Gasteiger partial charge in [-0.1, -0.05) is 29.8 Å². The summed E-state index contributed by atoms with van der Waals surface area (Å²) in [4.78, 5) is 0. The summed E-state index contributed by atoms with van der Waals surface area (Å²) >= 11 is 9.80. The molecule has 0 heterocycles. The summed E-state index contributed by atoms with van der Waals surface area (Å²) < 4.78 is 19.7. The molecule has 0 N–H and O–H groups in total. The van der Waals surface area contributed by atoms with Crippen molar-refractivity contribution < 1.29 is 9.13 Å². The lowest BCUT2D eigenvalue weighted by Gasteiger charge is -2.17. The van der Waals surface area contributed by atoms with Gasteiger partial charge in [-0.3, -0.25) is 0 Å². The van der Waals surface area contributed by atoms with Crippen LogP contribution in [-0.4, -0.2) is 6.61 Å². The zero-order chi connectivity index (χ0) is 14.7. The van der Waals surface area contributed by atoms with E-state index in [1.54, 1.807) is 6.07 Å². The molecule has 1 unspecified atom stereocenters. The Balaban J connectivity index is 2.49. The van der Waals surface area contributed by atoms with Gasteiger partial charge < -0.3 is 4.74 Å². The number of rotatable bonds is 4. The molecule has 1 nitrogen and oxygen atoms in total. The first-order valence-corrected chi connectivity index (χ1v) is 7.58. The maximum absolute atomic E-state index is 13.6. The molecule has 0 radical (unpaired) electrons. The molecule has 0 saturated carbocycles. The Bertz CT molecular complexity index is 615. The average Bonchev–Trinajstić information content (AvgIpc) is 2.43. The van der Waals surface area contributed by atoms with Crippen LogP contribution in [0, 0.1) is 12.7 Å². The molecule has 2 aromatic rings. The van der Waals surface area contributed by atoms with E-state index in [-0.39, 0.29) is 5.82 Å². The third-order valence-corrected chi connectivity index (χ3v) is 4.30. The van der Waals surface area contributed by atoms with Crippen molar-refractivity contribution in [1.82, 2.24) is 0 Å². The highest BCUT2D eigenvalue weighted by molar-refractivity contribution is 9.10. The molecule has 0 amide bonds. The lowest BCUT2D eigenvalue weighted by atomic mass is 10.0. The molecule has 1 atom stereocenters. The van der Waals surface area contributed by atoms with Crippen LogP contribution in [0.4, 0.5) is 4.39 Å². The summed E-state index contributed by atoms with van der Waals surface area (Å²) in [6, 6.07) is 10.7. The van der Waals surface area contributed by atoms with Crippen LogP contribution in [-0.2, 0) is 0 Å². The number of benzene rings is 2. The maximum atomic E-state index is 13.6. The van der Waals surface area contributed by atoms with Crippen molar-refractivity contribution in [3.05, 3.63) is 63.4 Å². The summed E-state index contributed by atoms with van der Waals surface area (Å²) in [6.07, 6.45) is 0. The molecule has 20 heavy (non-hydrogen) atoms. The second-order valence-electron chi connectivity index (χ2n) is 4.48. The van der Waals surface area contributed by atoms with Gasteiger partial charge in [-0.25, -0.2) is 4.39 Å². The first-order valence-electron chi connectivity index (χ1n) is 6.36. The normalized spacial score (nSPS) is 12.2. The monoisotopic (exact) mass is 356 g/mol. The van der Waals surface area contributed by atoms with Crippen LogP contribution >= 0.6 is 27.5 Å². The van der Waals surface area contributed by atoms with Crippen molar-refractivity contribution in [3.8, 4) is 5.75 Å². The van der Waals surface area contributed by atoms with E-state index in [1.807, 2.05) is 38.1 Å². The smallest absolute Gasteiger partial charge is 0.137 e. The van der Waals surface area contributed by atoms with Crippen molar-refractivity contribution in [2.45, 2.75) is 19.2 Å². The van der Waals surface area contributed by atoms with Crippen molar-refractivity contribution >= 4 is 27.5 Å². The van der Waals surface area contributed by atoms with Gasteiger partial charge in [0.05, 0.1) is 16.5 Å². The van der Waals surface area contributed by atoms with Crippen molar-refractivity contribution in [2.24, 2.45) is 0 Å². The minimum Gasteiger partial charge on any atom is -0.494 e. The zero-order valence-electron chi connectivity index (χ0n) is 11.3. The summed E-state index contributed by atoms with van der Waals surface area (Å²) in [6.45, 7) is 4.47. The zero-order valence-corrected chi connectivity index (χ0v) is 13.6. The average molecular weight is 358 g/mol. The number of ether oxygens (including phenoxy) is 1. The highest BCUT2D eigenvalue weighted by atomic mass is 79.9. The second kappa shape index (κ2) is 6.59. The van der Waals surface area contributed by atoms with Gasteiger partial charge in [0.1, 0.15) is 11.6 Å². The number of hydrogen-bond donors (Lipinski definition) is 0. The predicted molar refractivity (Wildman–Crippen MR) is 84.1 cm³/mol. The number of hydrogen-bond acceptors (Lipinski definition) is 1. The first kappa shape index (κ1) is 15.3. The third-order valence-electron chi connectivity index (χ3n) is 2.99. The molecule has 0 aromatic heterocycles. The number of aryl methyl sites for hydroxylation is 1. The van der Waals surface area contributed by atoms with Crippen LogP contribution in [0.5, 0.6) is 5.75 Å². The van der Waals surface area contributed by atoms with E-state index in [9.17, 15) is 4.39 Å². The van der Waals surface area contributed by atoms with Gasteiger partial charge in [-0.2, -0.15) is 0 Å². The molecule has 0 aliphatic heterocycles. The molecule has 106 valence electrons. The number of halogens is 3. The summed E-state index contributed by atoms with van der Waals surface area (Å²) in [5.41, 5.74) is 2.62.